The minimum atomic E-state index is -4.03. The molecule has 0 aromatic heterocycles. The van der Waals surface area contributed by atoms with Gasteiger partial charge in [-0.25, -0.2) is 0 Å². The smallest absolute Gasteiger partial charge is 0.266 e. The van der Waals surface area contributed by atoms with Crippen molar-refractivity contribution in [3.8, 4) is 0 Å². The van der Waals surface area contributed by atoms with Crippen LogP contribution in [0.4, 0.5) is 0 Å². The molecule has 0 saturated carbocycles. The summed E-state index contributed by atoms with van der Waals surface area (Å²) in [4.78, 5) is 11.5. The van der Waals surface area contributed by atoms with Gasteiger partial charge in [0, 0.05) is 16.5 Å². The third-order valence-electron chi connectivity index (χ3n) is 2.02. The van der Waals surface area contributed by atoms with E-state index in [1.54, 1.807) is 12.1 Å². The summed E-state index contributed by atoms with van der Waals surface area (Å²) in [6.45, 7) is -0.105. The van der Waals surface area contributed by atoms with Crippen molar-refractivity contribution in [3.05, 3.63) is 35.4 Å². The van der Waals surface area contributed by atoms with E-state index in [9.17, 15) is 13.2 Å². The number of amides is 1. The van der Waals surface area contributed by atoms with Crippen LogP contribution in [0.2, 0.25) is 0 Å². The van der Waals surface area contributed by atoms with E-state index in [1.165, 1.54) is 0 Å². The lowest BCUT2D eigenvalue weighted by Gasteiger charge is -2.04. The Morgan fingerprint density at radius 2 is 1.88 bits per heavy atom. The number of nitrogens with one attached hydrogen (secondary N) is 1. The second-order valence-electron chi connectivity index (χ2n) is 3.37. The molecule has 1 aromatic carbocycles. The van der Waals surface area contributed by atoms with Gasteiger partial charge in [0.05, 0.1) is 5.75 Å². The van der Waals surface area contributed by atoms with Crippen LogP contribution in [0.25, 0.3) is 0 Å². The number of rotatable bonds is 5. The Kier molecular flexibility index (Phi) is 5.34. The molecule has 17 heavy (non-hydrogen) atoms. The average Bonchev–Trinajstić information content (AvgIpc) is 2.27. The Morgan fingerprint density at radius 3 is 2.35 bits per heavy atom. The summed E-state index contributed by atoms with van der Waals surface area (Å²) < 4.78 is 30.2. The normalized spacial score (nSPS) is 11.2. The molecule has 0 aliphatic rings. The Balaban J connectivity index is 2.52. The second kappa shape index (κ2) is 6.31. The van der Waals surface area contributed by atoms with Gasteiger partial charge in [0.1, 0.15) is 0 Å². The highest BCUT2D eigenvalue weighted by Gasteiger charge is 2.08. The number of halogens is 1. The van der Waals surface area contributed by atoms with Crippen molar-refractivity contribution < 1.29 is 17.8 Å². The summed E-state index contributed by atoms with van der Waals surface area (Å²) >= 11 is 2.22. The Labute approximate surface area is 113 Å². The van der Waals surface area contributed by atoms with Gasteiger partial charge in [-0.05, 0) is 17.7 Å². The first-order chi connectivity index (χ1) is 7.92. The predicted octanol–water partition coefficient (Wildman–Crippen LogP) is 1.24. The predicted molar refractivity (Wildman–Crippen MR) is 72.9 cm³/mol. The first-order valence-corrected chi connectivity index (χ1v) is 7.94. The number of alkyl halides is 1. The van der Waals surface area contributed by atoms with E-state index in [1.807, 2.05) is 12.1 Å². The molecule has 2 N–H and O–H groups in total. The van der Waals surface area contributed by atoms with Crippen LogP contribution < -0.4 is 5.32 Å². The van der Waals surface area contributed by atoms with Crippen molar-refractivity contribution in [2.75, 3.05) is 12.3 Å². The van der Waals surface area contributed by atoms with Crippen LogP contribution in [0.5, 0.6) is 0 Å². The fourth-order valence-electron chi connectivity index (χ4n) is 1.14. The molecule has 1 amide bonds. The molecule has 0 unspecified atom stereocenters. The van der Waals surface area contributed by atoms with E-state index in [0.717, 1.165) is 9.99 Å². The van der Waals surface area contributed by atoms with Crippen LogP contribution in [0.3, 0.4) is 0 Å². The SMILES string of the molecule is O=C(NCCS(=O)(=O)O)c1ccc(CI)cc1. The third-order valence-corrected chi connectivity index (χ3v) is 3.62. The highest BCUT2D eigenvalue weighted by molar-refractivity contribution is 14.1. The molecular formula is C10H12INO4S. The van der Waals surface area contributed by atoms with Crippen molar-refractivity contribution in [1.82, 2.24) is 5.32 Å². The molecule has 0 bridgehead atoms. The molecule has 5 nitrogen and oxygen atoms in total. The molecule has 0 fully saturated rings. The fourth-order valence-corrected chi connectivity index (χ4v) is 2.01. The number of hydrogen-bond donors (Lipinski definition) is 2. The largest absolute Gasteiger partial charge is 0.351 e. The lowest BCUT2D eigenvalue weighted by Crippen LogP contribution is -2.28. The van der Waals surface area contributed by atoms with Gasteiger partial charge >= 0.3 is 0 Å². The van der Waals surface area contributed by atoms with Gasteiger partial charge in [-0.3, -0.25) is 9.35 Å². The lowest BCUT2D eigenvalue weighted by atomic mass is 10.1. The number of carbonyl (C=O) groups excluding carboxylic acids is 1. The van der Waals surface area contributed by atoms with Crippen molar-refractivity contribution in [1.29, 1.82) is 0 Å². The minimum absolute atomic E-state index is 0.105. The van der Waals surface area contributed by atoms with Gasteiger partial charge in [0.2, 0.25) is 0 Å². The van der Waals surface area contributed by atoms with Gasteiger partial charge in [0.25, 0.3) is 16.0 Å². The molecule has 0 atom stereocenters. The van der Waals surface area contributed by atoms with Crippen LogP contribution in [-0.4, -0.2) is 31.2 Å². The quantitative estimate of drug-likeness (QED) is 0.465. The second-order valence-corrected chi connectivity index (χ2v) is 5.71. The lowest BCUT2D eigenvalue weighted by molar-refractivity contribution is 0.0956. The first kappa shape index (κ1) is 14.4. The van der Waals surface area contributed by atoms with E-state index in [-0.39, 0.29) is 12.5 Å². The summed E-state index contributed by atoms with van der Waals surface area (Å²) in [6, 6.07) is 7.03. The van der Waals surface area contributed by atoms with Crippen molar-refractivity contribution in [2.24, 2.45) is 0 Å². The van der Waals surface area contributed by atoms with E-state index < -0.39 is 15.9 Å². The van der Waals surface area contributed by atoms with E-state index in [2.05, 4.69) is 27.9 Å². The van der Waals surface area contributed by atoms with Gasteiger partial charge in [0.15, 0.2) is 0 Å². The molecule has 94 valence electrons. The van der Waals surface area contributed by atoms with Crippen molar-refractivity contribution >= 4 is 38.6 Å². The number of carbonyl (C=O) groups is 1. The summed E-state index contributed by atoms with van der Waals surface area (Å²) in [5.41, 5.74) is 1.58. The molecule has 0 aliphatic heterocycles. The highest BCUT2D eigenvalue weighted by atomic mass is 127. The zero-order chi connectivity index (χ0) is 12.9. The number of benzene rings is 1. The summed E-state index contributed by atoms with van der Waals surface area (Å²) in [6.07, 6.45) is 0. The highest BCUT2D eigenvalue weighted by Crippen LogP contribution is 2.07. The maximum atomic E-state index is 11.5. The summed E-state index contributed by atoms with van der Waals surface area (Å²) in [7, 11) is -4.03. The monoisotopic (exact) mass is 369 g/mol. The van der Waals surface area contributed by atoms with Crippen LogP contribution >= 0.6 is 22.6 Å². The van der Waals surface area contributed by atoms with E-state index in [0.29, 0.717) is 5.56 Å². The molecule has 0 saturated heterocycles. The van der Waals surface area contributed by atoms with Crippen LogP contribution in [-0.2, 0) is 14.5 Å². The van der Waals surface area contributed by atoms with Gasteiger partial charge in [-0.1, -0.05) is 34.7 Å². The maximum Gasteiger partial charge on any atom is 0.266 e. The standard InChI is InChI=1S/C10H12INO4S/c11-7-8-1-3-9(4-2-8)10(13)12-5-6-17(14,15)16/h1-4H,5-7H2,(H,12,13)(H,14,15,16). The van der Waals surface area contributed by atoms with E-state index in [4.69, 9.17) is 4.55 Å². The molecule has 0 radical (unpaired) electrons. The molecule has 1 rings (SSSR count). The Morgan fingerprint density at radius 1 is 1.29 bits per heavy atom. The third kappa shape index (κ3) is 5.46. The molecule has 0 heterocycles. The topological polar surface area (TPSA) is 83.5 Å². The molecule has 7 heteroatoms. The van der Waals surface area contributed by atoms with E-state index >= 15 is 0 Å². The Hall–Kier alpha value is -0.670. The van der Waals surface area contributed by atoms with Crippen LogP contribution in [0.15, 0.2) is 24.3 Å². The first-order valence-electron chi connectivity index (χ1n) is 4.80. The molecule has 0 aliphatic carbocycles. The zero-order valence-electron chi connectivity index (χ0n) is 8.89. The van der Waals surface area contributed by atoms with Crippen molar-refractivity contribution in [3.63, 3.8) is 0 Å². The summed E-state index contributed by atoms with van der Waals surface area (Å²) in [5, 5.41) is 2.41. The van der Waals surface area contributed by atoms with Crippen LogP contribution in [0, 0.1) is 0 Å². The molecule has 0 spiro atoms. The zero-order valence-corrected chi connectivity index (χ0v) is 11.9. The fraction of sp³-hybridized carbons (Fsp3) is 0.300. The maximum absolute atomic E-state index is 11.5. The minimum Gasteiger partial charge on any atom is -0.351 e. The number of hydrogen-bond acceptors (Lipinski definition) is 3. The average molecular weight is 369 g/mol. The van der Waals surface area contributed by atoms with Gasteiger partial charge in [-0.2, -0.15) is 8.42 Å². The van der Waals surface area contributed by atoms with Crippen LogP contribution in [0.1, 0.15) is 15.9 Å². The molecular weight excluding hydrogens is 357 g/mol. The summed E-state index contributed by atoms with van der Waals surface area (Å²) in [5.74, 6) is -0.835. The van der Waals surface area contributed by atoms with Crippen molar-refractivity contribution in [2.45, 2.75) is 4.43 Å². The van der Waals surface area contributed by atoms with Gasteiger partial charge in [-0.15, -0.1) is 0 Å². The molecule has 1 aromatic rings. The Bertz CT molecular complexity index is 484. The van der Waals surface area contributed by atoms with Gasteiger partial charge < -0.3 is 5.32 Å².